The number of nitrogens with one attached hydrogen (secondary N) is 2. The topological polar surface area (TPSA) is 41.1 Å². The molecule has 1 aliphatic heterocycles. The van der Waals surface area contributed by atoms with E-state index in [2.05, 4.69) is 10.6 Å². The van der Waals surface area contributed by atoms with Gasteiger partial charge in [-0.25, -0.2) is 0 Å². The Labute approximate surface area is 67.5 Å². The minimum atomic E-state index is 0.0722. The van der Waals surface area contributed by atoms with Crippen LogP contribution in [0.15, 0.2) is 0 Å². The molecule has 0 bridgehead atoms. The molecular formula is C8H16N2O. The first-order valence-electron chi connectivity index (χ1n) is 4.27. The molecule has 1 heterocycles. The quantitative estimate of drug-likeness (QED) is 0.615. The second-order valence-corrected chi connectivity index (χ2v) is 3.06. The number of hydrogen-bond acceptors (Lipinski definition) is 2. The molecule has 64 valence electrons. The SMILES string of the molecule is CC(=O)NCCC1CCCN1. The van der Waals surface area contributed by atoms with Gasteiger partial charge in [0.15, 0.2) is 0 Å². The van der Waals surface area contributed by atoms with E-state index in [4.69, 9.17) is 0 Å². The summed E-state index contributed by atoms with van der Waals surface area (Å²) in [6.45, 7) is 3.51. The van der Waals surface area contributed by atoms with E-state index in [1.807, 2.05) is 0 Å². The summed E-state index contributed by atoms with van der Waals surface area (Å²) in [6.07, 6.45) is 3.61. The number of carbonyl (C=O) groups excluding carboxylic acids is 1. The molecule has 1 fully saturated rings. The fraction of sp³-hybridized carbons (Fsp3) is 0.875. The first-order chi connectivity index (χ1) is 5.29. The van der Waals surface area contributed by atoms with Crippen molar-refractivity contribution in [2.75, 3.05) is 13.1 Å². The number of hydrogen-bond donors (Lipinski definition) is 2. The molecule has 11 heavy (non-hydrogen) atoms. The molecule has 2 N–H and O–H groups in total. The van der Waals surface area contributed by atoms with Gasteiger partial charge in [-0.1, -0.05) is 0 Å². The summed E-state index contributed by atoms with van der Waals surface area (Å²) in [5, 5.41) is 6.17. The third-order valence-electron chi connectivity index (χ3n) is 2.03. The summed E-state index contributed by atoms with van der Waals surface area (Å²) < 4.78 is 0. The molecule has 0 saturated carbocycles. The maximum Gasteiger partial charge on any atom is 0.216 e. The van der Waals surface area contributed by atoms with Crippen molar-refractivity contribution in [1.29, 1.82) is 0 Å². The maximum absolute atomic E-state index is 10.5. The van der Waals surface area contributed by atoms with Crippen LogP contribution >= 0.6 is 0 Å². The highest BCUT2D eigenvalue weighted by atomic mass is 16.1. The predicted octanol–water partition coefficient (Wildman–Crippen LogP) is 0.265. The third kappa shape index (κ3) is 3.37. The molecule has 1 atom stereocenters. The van der Waals surface area contributed by atoms with Crippen LogP contribution in [0, 0.1) is 0 Å². The Morgan fingerprint density at radius 3 is 3.09 bits per heavy atom. The van der Waals surface area contributed by atoms with Crippen LogP contribution in [0.2, 0.25) is 0 Å². The largest absolute Gasteiger partial charge is 0.356 e. The molecule has 0 radical (unpaired) electrons. The average Bonchev–Trinajstić information content (AvgIpc) is 2.39. The van der Waals surface area contributed by atoms with Gasteiger partial charge in [-0.05, 0) is 25.8 Å². The van der Waals surface area contributed by atoms with Gasteiger partial charge in [-0.3, -0.25) is 4.79 Å². The second kappa shape index (κ2) is 4.34. The normalized spacial score (nSPS) is 23.5. The van der Waals surface area contributed by atoms with Crippen molar-refractivity contribution in [3.63, 3.8) is 0 Å². The molecule has 3 nitrogen and oxygen atoms in total. The zero-order valence-corrected chi connectivity index (χ0v) is 7.02. The van der Waals surface area contributed by atoms with Gasteiger partial charge in [0.05, 0.1) is 0 Å². The Morgan fingerprint density at radius 1 is 1.73 bits per heavy atom. The lowest BCUT2D eigenvalue weighted by molar-refractivity contribution is -0.118. The standard InChI is InChI=1S/C8H16N2O/c1-7(11)9-6-4-8-3-2-5-10-8/h8,10H,2-6H2,1H3,(H,9,11). The number of rotatable bonds is 3. The summed E-state index contributed by atoms with van der Waals surface area (Å²) in [5.41, 5.74) is 0. The fourth-order valence-corrected chi connectivity index (χ4v) is 1.43. The molecule has 1 rings (SSSR count). The van der Waals surface area contributed by atoms with E-state index < -0.39 is 0 Å². The lowest BCUT2D eigenvalue weighted by atomic mass is 10.1. The van der Waals surface area contributed by atoms with E-state index in [0.717, 1.165) is 19.5 Å². The van der Waals surface area contributed by atoms with Crippen molar-refractivity contribution in [3.05, 3.63) is 0 Å². The third-order valence-corrected chi connectivity index (χ3v) is 2.03. The van der Waals surface area contributed by atoms with Crippen molar-refractivity contribution in [2.24, 2.45) is 0 Å². The van der Waals surface area contributed by atoms with Crippen LogP contribution < -0.4 is 10.6 Å². The van der Waals surface area contributed by atoms with Crippen LogP contribution in [0.4, 0.5) is 0 Å². The summed E-state index contributed by atoms with van der Waals surface area (Å²) in [4.78, 5) is 10.5. The Hall–Kier alpha value is -0.570. The second-order valence-electron chi connectivity index (χ2n) is 3.06. The van der Waals surface area contributed by atoms with E-state index in [-0.39, 0.29) is 5.91 Å². The molecule has 0 aromatic rings. The number of amides is 1. The van der Waals surface area contributed by atoms with Crippen LogP contribution in [-0.4, -0.2) is 25.0 Å². The molecule has 1 saturated heterocycles. The van der Waals surface area contributed by atoms with Gasteiger partial charge < -0.3 is 10.6 Å². The zero-order valence-electron chi connectivity index (χ0n) is 7.02. The smallest absolute Gasteiger partial charge is 0.216 e. The van der Waals surface area contributed by atoms with Crippen molar-refractivity contribution in [1.82, 2.24) is 10.6 Å². The van der Waals surface area contributed by atoms with E-state index in [1.165, 1.54) is 12.8 Å². The molecule has 0 aromatic carbocycles. The molecule has 0 aromatic heterocycles. The molecule has 1 unspecified atom stereocenters. The minimum Gasteiger partial charge on any atom is -0.356 e. The van der Waals surface area contributed by atoms with Crippen LogP contribution in [0.25, 0.3) is 0 Å². The summed E-state index contributed by atoms with van der Waals surface area (Å²) in [5.74, 6) is 0.0722. The van der Waals surface area contributed by atoms with Crippen molar-refractivity contribution < 1.29 is 4.79 Å². The lowest BCUT2D eigenvalue weighted by Crippen LogP contribution is -2.29. The Balaban J connectivity index is 1.98. The summed E-state index contributed by atoms with van der Waals surface area (Å²) in [7, 11) is 0. The van der Waals surface area contributed by atoms with E-state index in [9.17, 15) is 4.79 Å². The van der Waals surface area contributed by atoms with E-state index in [0.29, 0.717) is 6.04 Å². The van der Waals surface area contributed by atoms with Gasteiger partial charge in [-0.2, -0.15) is 0 Å². The highest BCUT2D eigenvalue weighted by molar-refractivity contribution is 5.72. The summed E-state index contributed by atoms with van der Waals surface area (Å²) in [6, 6.07) is 0.641. The van der Waals surface area contributed by atoms with Crippen molar-refractivity contribution in [2.45, 2.75) is 32.2 Å². The fourth-order valence-electron chi connectivity index (χ4n) is 1.43. The Kier molecular flexibility index (Phi) is 3.36. The van der Waals surface area contributed by atoms with E-state index in [1.54, 1.807) is 6.92 Å². The van der Waals surface area contributed by atoms with Gasteiger partial charge in [-0.15, -0.1) is 0 Å². The van der Waals surface area contributed by atoms with Gasteiger partial charge in [0.2, 0.25) is 5.91 Å². The Bertz CT molecular complexity index is 130. The van der Waals surface area contributed by atoms with Crippen LogP contribution in [0.1, 0.15) is 26.2 Å². The average molecular weight is 156 g/mol. The monoisotopic (exact) mass is 156 g/mol. The predicted molar refractivity (Wildman–Crippen MR) is 44.3 cm³/mol. The molecule has 1 aliphatic rings. The van der Waals surface area contributed by atoms with Crippen molar-refractivity contribution in [3.8, 4) is 0 Å². The van der Waals surface area contributed by atoms with Crippen LogP contribution in [0.3, 0.4) is 0 Å². The lowest BCUT2D eigenvalue weighted by Gasteiger charge is -2.09. The first-order valence-corrected chi connectivity index (χ1v) is 4.27. The van der Waals surface area contributed by atoms with Crippen LogP contribution in [-0.2, 0) is 4.79 Å². The molecule has 0 spiro atoms. The first kappa shape index (κ1) is 8.53. The van der Waals surface area contributed by atoms with Crippen LogP contribution in [0.5, 0.6) is 0 Å². The zero-order chi connectivity index (χ0) is 8.10. The van der Waals surface area contributed by atoms with Gasteiger partial charge in [0.25, 0.3) is 0 Å². The highest BCUT2D eigenvalue weighted by Gasteiger charge is 2.12. The Morgan fingerprint density at radius 2 is 2.55 bits per heavy atom. The molecule has 1 amide bonds. The van der Waals surface area contributed by atoms with Gasteiger partial charge in [0.1, 0.15) is 0 Å². The molecule has 0 aliphatic carbocycles. The van der Waals surface area contributed by atoms with Crippen molar-refractivity contribution >= 4 is 5.91 Å². The number of carbonyl (C=O) groups is 1. The molecular weight excluding hydrogens is 140 g/mol. The minimum absolute atomic E-state index is 0.0722. The van der Waals surface area contributed by atoms with Gasteiger partial charge in [0, 0.05) is 19.5 Å². The van der Waals surface area contributed by atoms with Gasteiger partial charge >= 0.3 is 0 Å². The highest BCUT2D eigenvalue weighted by Crippen LogP contribution is 2.07. The molecule has 3 heteroatoms. The summed E-state index contributed by atoms with van der Waals surface area (Å²) >= 11 is 0. The maximum atomic E-state index is 10.5. The van der Waals surface area contributed by atoms with E-state index >= 15 is 0 Å².